The van der Waals surface area contributed by atoms with E-state index in [1.54, 1.807) is 24.5 Å². The number of nitrogens with zero attached hydrogens (tertiary/aromatic N) is 2. The second-order valence-electron chi connectivity index (χ2n) is 4.76. The Kier molecular flexibility index (Phi) is 13.3. The Hall–Kier alpha value is -2.68. The van der Waals surface area contributed by atoms with Crippen LogP contribution in [0, 0.1) is 6.92 Å². The normalized spacial score (nSPS) is 8.79. The van der Waals surface area contributed by atoms with Crippen LogP contribution in [0.3, 0.4) is 0 Å². The van der Waals surface area contributed by atoms with Crippen LogP contribution in [-0.4, -0.2) is 50.3 Å². The van der Waals surface area contributed by atoms with Gasteiger partial charge in [-0.3, -0.25) is 0 Å². The molecule has 2 rings (SSSR count). The summed E-state index contributed by atoms with van der Waals surface area (Å²) in [5.74, 6) is -0.355. The SMILES string of the molecule is C.C.COC(=O)c1cc(Br)cnc1OC.COC(=O)c1cc(C)cnc1OC. The number of aryl methyl sites for hydroxylation is 1. The predicted octanol–water partition coefficient (Wildman–Crippen LogP) is 4.10. The monoisotopic (exact) mass is 458 g/mol. The molecule has 0 aromatic carbocycles. The molecule has 0 radical (unpaired) electrons. The smallest absolute Gasteiger partial charge is 0.343 e. The minimum absolute atomic E-state index is 0. The highest BCUT2D eigenvalue weighted by Gasteiger charge is 2.14. The lowest BCUT2D eigenvalue weighted by molar-refractivity contribution is 0.0587. The number of halogens is 1. The molecular weight excluding hydrogens is 432 g/mol. The zero-order valence-corrected chi connectivity index (χ0v) is 16.6. The zero-order chi connectivity index (χ0) is 19.7. The van der Waals surface area contributed by atoms with Crippen molar-refractivity contribution in [2.75, 3.05) is 28.4 Å². The number of ether oxygens (including phenoxy) is 4. The Bertz CT molecular complexity index is 718. The lowest BCUT2D eigenvalue weighted by Gasteiger charge is -2.05. The summed E-state index contributed by atoms with van der Waals surface area (Å²) in [7, 11) is 5.54. The van der Waals surface area contributed by atoms with Crippen molar-refractivity contribution in [3.63, 3.8) is 0 Å². The summed E-state index contributed by atoms with van der Waals surface area (Å²) < 4.78 is 19.6. The van der Waals surface area contributed by atoms with Crippen molar-refractivity contribution in [3.8, 4) is 11.8 Å². The van der Waals surface area contributed by atoms with Gasteiger partial charge in [-0.1, -0.05) is 14.9 Å². The van der Waals surface area contributed by atoms with Crippen LogP contribution >= 0.6 is 15.9 Å². The van der Waals surface area contributed by atoms with Crippen molar-refractivity contribution in [3.05, 3.63) is 45.7 Å². The molecule has 9 heteroatoms. The van der Waals surface area contributed by atoms with Crippen molar-refractivity contribution in [1.29, 1.82) is 0 Å². The maximum absolute atomic E-state index is 11.2. The topological polar surface area (TPSA) is 96.8 Å². The van der Waals surface area contributed by atoms with Crippen LogP contribution in [0.1, 0.15) is 41.1 Å². The summed E-state index contributed by atoms with van der Waals surface area (Å²) in [6.45, 7) is 1.85. The Morgan fingerprint density at radius 2 is 1.25 bits per heavy atom. The predicted molar refractivity (Wildman–Crippen MR) is 110 cm³/mol. The second kappa shape index (κ2) is 13.5. The molecule has 2 heterocycles. The molecule has 0 atom stereocenters. The van der Waals surface area contributed by atoms with E-state index in [1.165, 1.54) is 28.4 Å². The highest BCUT2D eigenvalue weighted by atomic mass is 79.9. The molecule has 156 valence electrons. The Morgan fingerprint density at radius 3 is 1.68 bits per heavy atom. The standard InChI is InChI=1S/C9H11NO3.C8H8BrNO3.2CH4/c1-6-4-7(9(11)13-3)8(12-2)10-5-6;1-12-7-6(8(11)13-2)3-5(9)4-10-7;;/h4-5H,1-3H3;3-4H,1-2H3;2*1H4. The Balaban J connectivity index is 0. The first-order chi connectivity index (χ1) is 12.4. The van der Waals surface area contributed by atoms with Crippen molar-refractivity contribution < 1.29 is 28.5 Å². The number of methoxy groups -OCH3 is 4. The molecule has 0 unspecified atom stereocenters. The number of rotatable bonds is 4. The van der Waals surface area contributed by atoms with E-state index < -0.39 is 11.9 Å². The van der Waals surface area contributed by atoms with Gasteiger partial charge in [0.05, 0.1) is 28.4 Å². The third kappa shape index (κ3) is 7.51. The third-order valence-corrected chi connectivity index (χ3v) is 3.44. The molecule has 2 aromatic rings. The van der Waals surface area contributed by atoms with Gasteiger partial charge in [0.25, 0.3) is 0 Å². The summed E-state index contributed by atoms with van der Waals surface area (Å²) in [6.07, 6.45) is 3.18. The number of hydrogen-bond donors (Lipinski definition) is 0. The van der Waals surface area contributed by atoms with Crippen molar-refractivity contribution >= 4 is 27.9 Å². The quantitative estimate of drug-likeness (QED) is 0.631. The average molecular weight is 459 g/mol. The minimum Gasteiger partial charge on any atom is -0.480 e. The van der Waals surface area contributed by atoms with Crippen molar-refractivity contribution in [2.45, 2.75) is 21.8 Å². The molecule has 2 aromatic heterocycles. The van der Waals surface area contributed by atoms with E-state index in [0.717, 1.165) is 5.56 Å². The van der Waals surface area contributed by atoms with Gasteiger partial charge in [0.1, 0.15) is 11.1 Å². The molecule has 0 fully saturated rings. The molecule has 0 spiro atoms. The fraction of sp³-hybridized carbons (Fsp3) is 0.368. The summed E-state index contributed by atoms with van der Waals surface area (Å²) in [5, 5.41) is 0. The lowest BCUT2D eigenvalue weighted by Crippen LogP contribution is -2.05. The van der Waals surface area contributed by atoms with Crippen LogP contribution in [0.15, 0.2) is 29.0 Å². The molecule has 8 nitrogen and oxygen atoms in total. The molecule has 0 aliphatic carbocycles. The first kappa shape index (κ1) is 27.5. The summed E-state index contributed by atoms with van der Waals surface area (Å²) in [6, 6.07) is 3.27. The number of esters is 2. The molecular formula is C19H27BrN2O6. The zero-order valence-electron chi connectivity index (χ0n) is 15.0. The van der Waals surface area contributed by atoms with Crippen LogP contribution in [-0.2, 0) is 9.47 Å². The highest BCUT2D eigenvalue weighted by Crippen LogP contribution is 2.20. The van der Waals surface area contributed by atoms with Crippen LogP contribution in [0.25, 0.3) is 0 Å². The number of hydrogen-bond acceptors (Lipinski definition) is 8. The molecule has 0 N–H and O–H groups in total. The van der Waals surface area contributed by atoms with Crippen molar-refractivity contribution in [2.24, 2.45) is 0 Å². The molecule has 28 heavy (non-hydrogen) atoms. The van der Waals surface area contributed by atoms with E-state index in [-0.39, 0.29) is 26.6 Å². The van der Waals surface area contributed by atoms with Gasteiger partial charge in [0.2, 0.25) is 11.8 Å². The van der Waals surface area contributed by atoms with E-state index in [0.29, 0.717) is 15.6 Å². The second-order valence-corrected chi connectivity index (χ2v) is 5.68. The molecule has 0 amide bonds. The number of pyridine rings is 2. The van der Waals surface area contributed by atoms with Gasteiger partial charge in [-0.05, 0) is 40.5 Å². The van der Waals surface area contributed by atoms with Gasteiger partial charge >= 0.3 is 11.9 Å². The summed E-state index contributed by atoms with van der Waals surface area (Å²) >= 11 is 3.20. The van der Waals surface area contributed by atoms with E-state index in [4.69, 9.17) is 9.47 Å². The Labute approximate surface area is 174 Å². The maximum Gasteiger partial charge on any atom is 0.343 e. The molecule has 0 saturated heterocycles. The van der Waals surface area contributed by atoms with E-state index in [9.17, 15) is 9.59 Å². The maximum atomic E-state index is 11.2. The van der Waals surface area contributed by atoms with Crippen LogP contribution in [0.2, 0.25) is 0 Å². The molecule has 0 aliphatic rings. The van der Waals surface area contributed by atoms with Gasteiger partial charge in [-0.25, -0.2) is 19.6 Å². The van der Waals surface area contributed by atoms with Gasteiger partial charge in [-0.2, -0.15) is 0 Å². The van der Waals surface area contributed by atoms with E-state index in [1.807, 2.05) is 6.92 Å². The van der Waals surface area contributed by atoms with E-state index in [2.05, 4.69) is 35.4 Å². The van der Waals surface area contributed by atoms with Crippen LogP contribution in [0.5, 0.6) is 11.8 Å². The Morgan fingerprint density at radius 1 is 0.821 bits per heavy atom. The average Bonchev–Trinajstić information content (AvgIpc) is 2.67. The fourth-order valence-corrected chi connectivity index (χ4v) is 2.15. The number of aromatic nitrogens is 2. The number of carbonyl (C=O) groups excluding carboxylic acids is 2. The van der Waals surface area contributed by atoms with Gasteiger partial charge in [-0.15, -0.1) is 0 Å². The fourth-order valence-electron chi connectivity index (χ4n) is 1.82. The highest BCUT2D eigenvalue weighted by molar-refractivity contribution is 9.10. The van der Waals surface area contributed by atoms with Gasteiger partial charge in [0.15, 0.2) is 0 Å². The minimum atomic E-state index is -0.467. The molecule has 0 saturated carbocycles. The molecule has 0 bridgehead atoms. The van der Waals surface area contributed by atoms with Gasteiger partial charge in [0, 0.05) is 16.9 Å². The van der Waals surface area contributed by atoms with Crippen LogP contribution in [0.4, 0.5) is 0 Å². The largest absolute Gasteiger partial charge is 0.480 e. The van der Waals surface area contributed by atoms with Crippen molar-refractivity contribution in [1.82, 2.24) is 9.97 Å². The lowest BCUT2D eigenvalue weighted by atomic mass is 10.2. The number of carbonyl (C=O) groups is 2. The summed E-state index contributed by atoms with van der Waals surface area (Å²) in [5.41, 5.74) is 1.55. The van der Waals surface area contributed by atoms with Gasteiger partial charge < -0.3 is 18.9 Å². The van der Waals surface area contributed by atoms with E-state index >= 15 is 0 Å². The third-order valence-electron chi connectivity index (χ3n) is 3.00. The summed E-state index contributed by atoms with van der Waals surface area (Å²) in [4.78, 5) is 30.2. The first-order valence-electron chi connectivity index (χ1n) is 7.24. The first-order valence-corrected chi connectivity index (χ1v) is 8.04. The van der Waals surface area contributed by atoms with Crippen LogP contribution < -0.4 is 9.47 Å². The molecule has 0 aliphatic heterocycles.